The van der Waals surface area contributed by atoms with Gasteiger partial charge in [-0.15, -0.1) is 0 Å². The van der Waals surface area contributed by atoms with Crippen molar-refractivity contribution in [3.63, 3.8) is 0 Å². The van der Waals surface area contributed by atoms with Gasteiger partial charge in [-0.3, -0.25) is 0 Å². The molecule has 63 heavy (non-hydrogen) atoms. The summed E-state index contributed by atoms with van der Waals surface area (Å²) in [7, 11) is 0. The maximum absolute atomic E-state index is 11.5. The number of aromatic nitrogens is 3. The molecular formula is C53H86N6O4. The fourth-order valence-corrected chi connectivity index (χ4v) is 8.28. The van der Waals surface area contributed by atoms with Crippen LogP contribution in [0.2, 0.25) is 0 Å². The number of anilines is 5. The molecule has 10 heteroatoms. The summed E-state index contributed by atoms with van der Waals surface area (Å²) in [6.07, 6.45) is 42.6. The first kappa shape index (κ1) is 53.1. The molecule has 0 fully saturated rings. The zero-order chi connectivity index (χ0) is 45.0. The van der Waals surface area contributed by atoms with Crippen molar-refractivity contribution < 1.29 is 19.8 Å². The van der Waals surface area contributed by atoms with Crippen LogP contribution in [-0.2, 0) is 0 Å². The van der Waals surface area contributed by atoms with Crippen LogP contribution in [-0.4, -0.2) is 50.2 Å². The zero-order valence-corrected chi connectivity index (χ0v) is 39.7. The molecule has 0 aliphatic rings. The number of carboxylic acids is 2. The number of hydrogen-bond donors (Lipinski definition) is 4. The second-order valence-electron chi connectivity index (χ2n) is 17.9. The topological polar surface area (TPSA) is 141 Å². The largest absolute Gasteiger partial charge is 0.478 e. The number of rotatable bonds is 41. The number of unbranched alkanes of at least 4 members (excludes halogenated alkanes) is 30. The van der Waals surface area contributed by atoms with Crippen LogP contribution in [0.25, 0.3) is 0 Å². The van der Waals surface area contributed by atoms with E-state index in [1.807, 2.05) is 0 Å². The number of carbonyl (C=O) groups is 2. The predicted molar refractivity (Wildman–Crippen MR) is 264 cm³/mol. The van der Waals surface area contributed by atoms with Gasteiger partial charge in [-0.25, -0.2) is 9.59 Å². The van der Waals surface area contributed by atoms with Crippen LogP contribution in [0.1, 0.15) is 240 Å². The van der Waals surface area contributed by atoms with E-state index in [1.165, 1.54) is 193 Å². The van der Waals surface area contributed by atoms with E-state index in [0.717, 1.165) is 25.9 Å². The molecule has 0 saturated heterocycles. The van der Waals surface area contributed by atoms with Crippen molar-refractivity contribution in [2.45, 2.75) is 219 Å². The summed E-state index contributed by atoms with van der Waals surface area (Å²) in [5.74, 6) is -0.694. The van der Waals surface area contributed by atoms with Crippen molar-refractivity contribution >= 4 is 41.2 Å². The number of benzene rings is 2. The van der Waals surface area contributed by atoms with Crippen molar-refractivity contribution in [2.24, 2.45) is 0 Å². The van der Waals surface area contributed by atoms with Gasteiger partial charge in [-0.1, -0.05) is 206 Å². The highest BCUT2D eigenvalue weighted by molar-refractivity contribution is 5.88. The SMILES string of the molecule is CCCCCCCCCCCCCCCCCCN(CCCCCCCCCCCCCCCCCC)c1nc(Nc2ccc(C(=O)O)cc2)nc(Nc2ccc(C(=O)O)cc2)n1. The number of hydrogen-bond acceptors (Lipinski definition) is 8. The molecule has 0 spiro atoms. The summed E-state index contributed by atoms with van der Waals surface area (Å²) in [5.41, 5.74) is 1.73. The van der Waals surface area contributed by atoms with Crippen molar-refractivity contribution in [3.8, 4) is 0 Å². The van der Waals surface area contributed by atoms with E-state index >= 15 is 0 Å². The normalized spacial score (nSPS) is 11.2. The maximum atomic E-state index is 11.5. The molecule has 2 aromatic carbocycles. The Kier molecular flexibility index (Phi) is 29.7. The van der Waals surface area contributed by atoms with Gasteiger partial charge < -0.3 is 25.7 Å². The quantitative estimate of drug-likeness (QED) is 0.0407. The van der Waals surface area contributed by atoms with Crippen LogP contribution in [0.3, 0.4) is 0 Å². The number of nitrogens with zero attached hydrogens (tertiary/aromatic N) is 4. The van der Waals surface area contributed by atoms with E-state index in [9.17, 15) is 19.8 Å². The Hall–Kier alpha value is -4.21. The molecular weight excluding hydrogens is 785 g/mol. The number of nitrogens with one attached hydrogen (secondary N) is 2. The van der Waals surface area contributed by atoms with Crippen LogP contribution in [0, 0.1) is 0 Å². The van der Waals surface area contributed by atoms with Crippen LogP contribution in [0.15, 0.2) is 48.5 Å². The molecule has 0 unspecified atom stereocenters. The summed E-state index contributed by atoms with van der Waals surface area (Å²) < 4.78 is 0. The van der Waals surface area contributed by atoms with Gasteiger partial charge in [0.2, 0.25) is 17.8 Å². The lowest BCUT2D eigenvalue weighted by Crippen LogP contribution is -2.28. The minimum absolute atomic E-state index is 0.202. The highest BCUT2D eigenvalue weighted by atomic mass is 16.4. The maximum Gasteiger partial charge on any atom is 0.335 e. The summed E-state index contributed by atoms with van der Waals surface area (Å²) in [4.78, 5) is 39.7. The van der Waals surface area contributed by atoms with Gasteiger partial charge in [0, 0.05) is 24.5 Å². The molecule has 1 aromatic heterocycles. The molecule has 10 nitrogen and oxygen atoms in total. The second kappa shape index (κ2) is 35.2. The molecule has 3 rings (SSSR count). The Labute approximate surface area is 382 Å². The van der Waals surface area contributed by atoms with Crippen molar-refractivity contribution in [2.75, 3.05) is 28.6 Å². The van der Waals surface area contributed by atoms with Gasteiger partial charge in [0.05, 0.1) is 11.1 Å². The van der Waals surface area contributed by atoms with Gasteiger partial charge in [0.15, 0.2) is 0 Å². The first-order valence-electron chi connectivity index (χ1n) is 25.6. The van der Waals surface area contributed by atoms with Crippen LogP contribution in [0.4, 0.5) is 29.2 Å². The second-order valence-corrected chi connectivity index (χ2v) is 17.9. The first-order valence-corrected chi connectivity index (χ1v) is 25.6. The molecule has 0 aliphatic heterocycles. The molecule has 1 heterocycles. The summed E-state index contributed by atoms with van der Waals surface area (Å²) in [5, 5.41) is 25.3. The standard InChI is InChI=1S/C53H86N6O4/c1-3-5-7-9-11-13-15-17-19-21-23-25-27-29-31-33-43-59(44-34-32-30-28-26-24-22-20-18-16-14-12-10-8-6-4-2)53-57-51(54-47-39-35-45(36-40-47)49(60)61)56-52(58-53)55-48-41-37-46(38-42-48)50(62)63/h35-42H,3-34,43-44H2,1-2H3,(H,60,61)(H,62,63)(H2,54,55,56,57,58). The third-order valence-electron chi connectivity index (χ3n) is 12.2. The highest BCUT2D eigenvalue weighted by Crippen LogP contribution is 2.23. The number of carboxylic acid groups (broad SMARTS) is 2. The molecule has 352 valence electrons. The lowest BCUT2D eigenvalue weighted by Gasteiger charge is -2.24. The van der Waals surface area contributed by atoms with Gasteiger partial charge in [-0.2, -0.15) is 15.0 Å². The molecule has 0 aliphatic carbocycles. The summed E-state index contributed by atoms with van der Waals surface area (Å²) in [6, 6.07) is 13.0. The van der Waals surface area contributed by atoms with Crippen molar-refractivity contribution in [3.05, 3.63) is 59.7 Å². The molecule has 0 amide bonds. The van der Waals surface area contributed by atoms with E-state index < -0.39 is 11.9 Å². The van der Waals surface area contributed by atoms with E-state index in [4.69, 9.17) is 9.97 Å². The van der Waals surface area contributed by atoms with E-state index in [-0.39, 0.29) is 11.1 Å². The number of aromatic carboxylic acids is 2. The molecule has 4 N–H and O–H groups in total. The molecule has 0 bridgehead atoms. The highest BCUT2D eigenvalue weighted by Gasteiger charge is 2.16. The molecule has 0 atom stereocenters. The Morgan fingerprint density at radius 3 is 0.905 bits per heavy atom. The Balaban J connectivity index is 1.54. The molecule has 3 aromatic rings. The molecule has 0 saturated carbocycles. The fraction of sp³-hybridized carbons (Fsp3) is 0.679. The van der Waals surface area contributed by atoms with Gasteiger partial charge in [0.1, 0.15) is 0 Å². The Bertz CT molecular complexity index is 1490. The summed E-state index contributed by atoms with van der Waals surface area (Å²) >= 11 is 0. The Morgan fingerprint density at radius 2 is 0.651 bits per heavy atom. The van der Waals surface area contributed by atoms with E-state index in [0.29, 0.717) is 29.2 Å². The molecule has 0 radical (unpaired) electrons. The van der Waals surface area contributed by atoms with Crippen LogP contribution in [0.5, 0.6) is 0 Å². The third-order valence-corrected chi connectivity index (χ3v) is 12.2. The van der Waals surface area contributed by atoms with E-state index in [1.54, 1.807) is 48.5 Å². The fourth-order valence-electron chi connectivity index (χ4n) is 8.28. The Morgan fingerprint density at radius 1 is 0.397 bits per heavy atom. The predicted octanol–water partition coefficient (Wildman–Crippen LogP) is 16.1. The zero-order valence-electron chi connectivity index (χ0n) is 39.7. The lowest BCUT2D eigenvalue weighted by atomic mass is 10.0. The van der Waals surface area contributed by atoms with Gasteiger partial charge in [-0.05, 0) is 61.4 Å². The van der Waals surface area contributed by atoms with Crippen LogP contribution >= 0.6 is 0 Å². The minimum atomic E-state index is -0.983. The van der Waals surface area contributed by atoms with Crippen LogP contribution < -0.4 is 15.5 Å². The van der Waals surface area contributed by atoms with Gasteiger partial charge >= 0.3 is 11.9 Å². The average molecular weight is 871 g/mol. The average Bonchev–Trinajstić information content (AvgIpc) is 3.28. The third kappa shape index (κ3) is 25.6. The lowest BCUT2D eigenvalue weighted by molar-refractivity contribution is 0.0686. The van der Waals surface area contributed by atoms with Crippen molar-refractivity contribution in [1.82, 2.24) is 15.0 Å². The van der Waals surface area contributed by atoms with Gasteiger partial charge in [0.25, 0.3) is 0 Å². The summed E-state index contributed by atoms with van der Waals surface area (Å²) in [6.45, 7) is 6.26. The van der Waals surface area contributed by atoms with E-state index in [2.05, 4.69) is 34.4 Å². The minimum Gasteiger partial charge on any atom is -0.478 e. The monoisotopic (exact) mass is 871 g/mol. The first-order chi connectivity index (χ1) is 30.9. The van der Waals surface area contributed by atoms with Crippen molar-refractivity contribution in [1.29, 1.82) is 0 Å². The smallest absolute Gasteiger partial charge is 0.335 e.